The van der Waals surface area contributed by atoms with Crippen LogP contribution in [0.4, 0.5) is 30.7 Å². The molecule has 0 N–H and O–H groups in total. The van der Waals surface area contributed by atoms with Gasteiger partial charge in [0, 0.05) is 24.9 Å². The minimum atomic E-state index is -5.02. The minimum Gasteiger partial charge on any atom is -0.352 e. The van der Waals surface area contributed by atoms with Gasteiger partial charge in [-0.1, -0.05) is 6.07 Å². The van der Waals surface area contributed by atoms with Gasteiger partial charge < -0.3 is 9.47 Å². The summed E-state index contributed by atoms with van der Waals surface area (Å²) in [5, 5.41) is 0. The van der Waals surface area contributed by atoms with Crippen LogP contribution in [0.5, 0.6) is 0 Å². The first-order valence-corrected chi connectivity index (χ1v) is 13.6. The molecule has 5 nitrogen and oxygen atoms in total. The highest BCUT2D eigenvalue weighted by Gasteiger charge is 2.49. The number of nitrogens with zero attached hydrogens (tertiary/aromatic N) is 1. The van der Waals surface area contributed by atoms with Crippen molar-refractivity contribution < 1.29 is 48.6 Å². The molecule has 0 amide bonds. The number of aryl methyl sites for hydroxylation is 1. The Labute approximate surface area is 215 Å². The second-order valence-corrected chi connectivity index (χ2v) is 11.8. The number of fused-ring (bicyclic) bond motifs is 1. The smallest absolute Gasteiger partial charge is 0.352 e. The number of ether oxygens (including phenoxy) is 2. The zero-order valence-corrected chi connectivity index (χ0v) is 21.4. The highest BCUT2D eigenvalue weighted by atomic mass is 32.2. The van der Waals surface area contributed by atoms with E-state index in [0.29, 0.717) is 23.3 Å². The summed E-state index contributed by atoms with van der Waals surface area (Å²) in [5.74, 6) is -1.73. The van der Waals surface area contributed by atoms with Crippen molar-refractivity contribution in [2.45, 2.75) is 44.5 Å². The summed E-state index contributed by atoms with van der Waals surface area (Å²) in [7, 11) is -3.54. The van der Waals surface area contributed by atoms with Gasteiger partial charge in [0.2, 0.25) is 10.0 Å². The van der Waals surface area contributed by atoms with Gasteiger partial charge >= 0.3 is 12.4 Å². The van der Waals surface area contributed by atoms with Crippen LogP contribution in [-0.4, -0.2) is 45.0 Å². The summed E-state index contributed by atoms with van der Waals surface area (Å²) >= 11 is 0. The molecule has 2 aliphatic heterocycles. The average molecular weight is 570 g/mol. The van der Waals surface area contributed by atoms with Crippen molar-refractivity contribution in [1.82, 2.24) is 4.31 Å². The molecule has 2 aromatic rings. The number of hydrogen-bond donors (Lipinski definition) is 0. The van der Waals surface area contributed by atoms with Crippen LogP contribution in [0.2, 0.25) is 0 Å². The van der Waals surface area contributed by atoms with Crippen LogP contribution in [0.1, 0.15) is 46.8 Å². The van der Waals surface area contributed by atoms with Gasteiger partial charge in [-0.05, 0) is 66.8 Å². The first-order valence-electron chi connectivity index (χ1n) is 11.7. The Hall–Kier alpha value is -2.22. The van der Waals surface area contributed by atoms with E-state index in [1.165, 1.54) is 29.4 Å². The second-order valence-electron chi connectivity index (χ2n) is 9.85. The van der Waals surface area contributed by atoms with E-state index in [-0.39, 0.29) is 43.2 Å². The predicted molar refractivity (Wildman–Crippen MR) is 123 cm³/mol. The molecule has 5 atom stereocenters. The molecule has 210 valence electrons. The lowest BCUT2D eigenvalue weighted by Gasteiger charge is -2.41. The van der Waals surface area contributed by atoms with Crippen LogP contribution in [0, 0.1) is 24.6 Å². The summed E-state index contributed by atoms with van der Waals surface area (Å²) in [5.41, 5.74) is -2.16. The maximum Gasteiger partial charge on any atom is 0.416 e. The lowest BCUT2D eigenvalue weighted by atomic mass is 9.76. The van der Waals surface area contributed by atoms with E-state index in [9.17, 15) is 39.2 Å². The molecule has 0 radical (unpaired) electrons. The molecule has 2 aliphatic rings. The molecule has 38 heavy (non-hydrogen) atoms. The van der Waals surface area contributed by atoms with Gasteiger partial charge in [0.05, 0.1) is 30.1 Å². The van der Waals surface area contributed by atoms with Crippen LogP contribution in [0.25, 0.3) is 0 Å². The molecule has 2 heterocycles. The Balaban J connectivity index is 1.71. The van der Waals surface area contributed by atoms with Crippen LogP contribution in [0.3, 0.4) is 0 Å². The number of halogens is 7. The van der Waals surface area contributed by atoms with Gasteiger partial charge in [0.15, 0.2) is 6.29 Å². The van der Waals surface area contributed by atoms with Gasteiger partial charge in [-0.3, -0.25) is 0 Å². The number of hydrogen-bond acceptors (Lipinski definition) is 4. The number of sulfonamides is 1. The maximum atomic E-state index is 13.9. The largest absolute Gasteiger partial charge is 0.416 e. The van der Waals surface area contributed by atoms with E-state index < -0.39 is 57.6 Å². The molecule has 0 aromatic heterocycles. The molecule has 0 saturated carbocycles. The van der Waals surface area contributed by atoms with Crippen molar-refractivity contribution in [2.75, 3.05) is 26.0 Å². The normalized spacial score (nSPS) is 25.8. The van der Waals surface area contributed by atoms with Crippen LogP contribution in [0.15, 0.2) is 36.4 Å². The summed E-state index contributed by atoms with van der Waals surface area (Å²) in [6.07, 6.45) is -11.4. The highest BCUT2D eigenvalue weighted by Crippen LogP contribution is 2.46. The van der Waals surface area contributed by atoms with E-state index in [1.807, 2.05) is 0 Å². The fourth-order valence-corrected chi connectivity index (χ4v) is 6.15. The highest BCUT2D eigenvalue weighted by molar-refractivity contribution is 7.88. The van der Waals surface area contributed by atoms with Crippen LogP contribution >= 0.6 is 0 Å². The second kappa shape index (κ2) is 10.1. The molecule has 0 spiro atoms. The molecule has 0 aliphatic carbocycles. The van der Waals surface area contributed by atoms with Crippen molar-refractivity contribution in [3.8, 4) is 0 Å². The lowest BCUT2D eigenvalue weighted by molar-refractivity contribution is -0.217. The van der Waals surface area contributed by atoms with E-state index in [1.54, 1.807) is 6.92 Å². The number of benzene rings is 2. The summed E-state index contributed by atoms with van der Waals surface area (Å²) in [6.45, 7) is 3.34. The molecular formula is C25H26F7NO4S. The molecule has 0 bridgehead atoms. The van der Waals surface area contributed by atoms with Gasteiger partial charge in [0.25, 0.3) is 0 Å². The standard InChI is InChI=1S/C25H26F7NO4S/c1-13-6-19(26)4-5-20(13)22-21-11-33(38(3,34)35)10-16(21)12-36-23(22)37-14(2)15-7-17(24(27,28)29)9-18(8-15)25(30,31)32/h4-9,14,16,21-23H,10-12H2,1-3H3/t14-,16+,21?,22+,23-/m1/s1. The van der Waals surface area contributed by atoms with Crippen molar-refractivity contribution >= 4 is 10.0 Å². The minimum absolute atomic E-state index is 0.0426. The fraction of sp³-hybridized carbons (Fsp3) is 0.520. The molecule has 2 saturated heterocycles. The van der Waals surface area contributed by atoms with Crippen LogP contribution < -0.4 is 0 Å². The van der Waals surface area contributed by atoms with Gasteiger partial charge in [-0.25, -0.2) is 17.1 Å². The van der Waals surface area contributed by atoms with Crippen molar-refractivity contribution in [1.29, 1.82) is 0 Å². The SMILES string of the molecule is Cc1cc(F)ccc1[C@H]1C2CN(S(C)(=O)=O)C[C@H]2CO[C@@H]1O[C@H](C)c1cc(C(F)(F)F)cc(C(F)(F)F)c1. The Morgan fingerprint density at radius 1 is 1.00 bits per heavy atom. The Bertz CT molecular complexity index is 1260. The Morgan fingerprint density at radius 3 is 2.13 bits per heavy atom. The quantitative estimate of drug-likeness (QED) is 0.421. The van der Waals surface area contributed by atoms with Crippen molar-refractivity contribution in [2.24, 2.45) is 11.8 Å². The van der Waals surface area contributed by atoms with Crippen LogP contribution in [-0.2, 0) is 31.8 Å². The van der Waals surface area contributed by atoms with E-state index >= 15 is 0 Å². The molecule has 1 unspecified atom stereocenters. The Kier molecular flexibility index (Phi) is 7.63. The first kappa shape index (κ1) is 28.8. The fourth-order valence-electron chi connectivity index (χ4n) is 5.24. The molecular weight excluding hydrogens is 543 g/mol. The van der Waals surface area contributed by atoms with Crippen molar-refractivity contribution in [3.05, 3.63) is 70.0 Å². The van der Waals surface area contributed by atoms with Gasteiger partial charge in [0.1, 0.15) is 5.82 Å². The van der Waals surface area contributed by atoms with Gasteiger partial charge in [-0.2, -0.15) is 26.3 Å². The van der Waals surface area contributed by atoms with Gasteiger partial charge in [-0.15, -0.1) is 0 Å². The average Bonchev–Trinajstić information content (AvgIpc) is 3.23. The Morgan fingerprint density at radius 2 is 1.61 bits per heavy atom. The number of alkyl halides is 6. The third-order valence-corrected chi connectivity index (χ3v) is 8.40. The number of rotatable bonds is 5. The summed E-state index contributed by atoms with van der Waals surface area (Å²) < 4.78 is 132. The lowest BCUT2D eigenvalue weighted by Crippen LogP contribution is -2.42. The maximum absolute atomic E-state index is 13.9. The zero-order valence-electron chi connectivity index (χ0n) is 20.6. The van der Waals surface area contributed by atoms with E-state index in [2.05, 4.69) is 0 Å². The molecule has 13 heteroatoms. The third kappa shape index (κ3) is 6.00. The summed E-state index contributed by atoms with van der Waals surface area (Å²) in [4.78, 5) is 0. The molecule has 2 aromatic carbocycles. The predicted octanol–water partition coefficient (Wildman–Crippen LogP) is 5.90. The molecule has 4 rings (SSSR count). The third-order valence-electron chi connectivity index (χ3n) is 7.16. The monoisotopic (exact) mass is 569 g/mol. The summed E-state index contributed by atoms with van der Waals surface area (Å²) in [6, 6.07) is 5.26. The first-order chi connectivity index (χ1) is 17.4. The zero-order chi connectivity index (χ0) is 28.2. The molecule has 2 fully saturated rings. The van der Waals surface area contributed by atoms with Crippen molar-refractivity contribution in [3.63, 3.8) is 0 Å². The van der Waals surface area contributed by atoms with E-state index in [4.69, 9.17) is 9.47 Å². The van der Waals surface area contributed by atoms with E-state index in [0.717, 1.165) is 6.26 Å². The topological polar surface area (TPSA) is 55.8 Å².